The van der Waals surface area contributed by atoms with Gasteiger partial charge in [0.05, 0.1) is 12.3 Å². The Morgan fingerprint density at radius 3 is 2.90 bits per heavy atom. The van der Waals surface area contributed by atoms with Crippen molar-refractivity contribution in [1.29, 1.82) is 0 Å². The molecule has 3 amide bonds. The van der Waals surface area contributed by atoms with Crippen LogP contribution in [0, 0.1) is 0 Å². The van der Waals surface area contributed by atoms with Crippen LogP contribution in [0.1, 0.15) is 6.42 Å². The van der Waals surface area contributed by atoms with Crippen LogP contribution in [-0.2, 0) is 9.53 Å². The first-order chi connectivity index (χ1) is 10.2. The Hall–Kier alpha value is -2.86. The van der Waals surface area contributed by atoms with Crippen LogP contribution in [0.25, 0.3) is 0 Å². The van der Waals surface area contributed by atoms with Gasteiger partial charge in [-0.15, -0.1) is 0 Å². The second-order valence-electron chi connectivity index (χ2n) is 3.87. The van der Waals surface area contributed by atoms with Gasteiger partial charge in [-0.3, -0.25) is 5.32 Å². The topological polar surface area (TPSA) is 109 Å². The Bertz CT molecular complexity index is 541. The van der Waals surface area contributed by atoms with Crippen LogP contribution in [-0.4, -0.2) is 38.4 Å². The lowest BCUT2D eigenvalue weighted by Gasteiger charge is -2.07. The summed E-state index contributed by atoms with van der Waals surface area (Å²) in [5.74, 6) is 0. The van der Waals surface area contributed by atoms with Gasteiger partial charge < -0.3 is 15.4 Å². The van der Waals surface area contributed by atoms with E-state index in [0.29, 0.717) is 24.3 Å². The van der Waals surface area contributed by atoms with E-state index in [1.165, 1.54) is 19.2 Å². The van der Waals surface area contributed by atoms with Gasteiger partial charge >= 0.3 is 12.1 Å². The highest BCUT2D eigenvalue weighted by molar-refractivity contribution is 5.85. The number of carbonyl (C=O) groups is 2. The monoisotopic (exact) mass is 292 g/mol. The van der Waals surface area contributed by atoms with Crippen molar-refractivity contribution in [3.8, 4) is 0 Å². The maximum atomic E-state index is 11.5. The Morgan fingerprint density at radius 2 is 2.19 bits per heavy atom. The van der Waals surface area contributed by atoms with E-state index >= 15 is 0 Å². The van der Waals surface area contributed by atoms with Gasteiger partial charge in [-0.1, -0.05) is 6.07 Å². The first-order valence-electron chi connectivity index (χ1n) is 6.23. The molecule has 0 saturated carbocycles. The summed E-state index contributed by atoms with van der Waals surface area (Å²) in [7, 11) is 1.52. The number of nitrogens with one attached hydrogen (secondary N) is 3. The average molecular weight is 292 g/mol. The number of anilines is 1. The Kier molecular flexibility index (Phi) is 7.02. The zero-order chi connectivity index (χ0) is 15.5. The third-order valence-electron chi connectivity index (χ3n) is 2.33. The van der Waals surface area contributed by atoms with E-state index in [4.69, 9.17) is 4.74 Å². The van der Waals surface area contributed by atoms with Gasteiger partial charge in [-0.25, -0.2) is 14.4 Å². The van der Waals surface area contributed by atoms with Crippen molar-refractivity contribution in [3.63, 3.8) is 0 Å². The number of rotatable bonds is 6. The van der Waals surface area contributed by atoms with Crippen molar-refractivity contribution in [2.24, 2.45) is 4.99 Å². The van der Waals surface area contributed by atoms with Crippen molar-refractivity contribution < 1.29 is 19.1 Å². The minimum absolute atomic E-state index is 0.169. The lowest BCUT2D eigenvalue weighted by molar-refractivity contribution is 0.160. The van der Waals surface area contributed by atoms with Crippen LogP contribution >= 0.6 is 0 Å². The van der Waals surface area contributed by atoms with Gasteiger partial charge in [0.2, 0.25) is 6.08 Å². The smallest absolute Gasteiger partial charge is 0.411 e. The fraction of sp³-hybridized carbons (Fsp3) is 0.308. The molecule has 0 radical (unpaired) electrons. The first-order valence-corrected chi connectivity index (χ1v) is 6.23. The minimum Gasteiger partial charge on any atom is -0.449 e. The van der Waals surface area contributed by atoms with Gasteiger partial charge in [0.1, 0.15) is 0 Å². The molecule has 0 aliphatic heterocycles. The second kappa shape index (κ2) is 9.11. The third-order valence-corrected chi connectivity index (χ3v) is 2.33. The highest BCUT2D eigenvalue weighted by atomic mass is 16.5. The molecule has 21 heavy (non-hydrogen) atoms. The SMILES string of the molecule is CNC(=O)NCCCOC(=O)Nc1cccc(N=C=O)c1. The standard InChI is InChI=1S/C13H16N4O4/c1-14-12(19)15-6-3-7-21-13(20)17-11-5-2-4-10(8-11)16-9-18/h2,4-5,8H,3,6-7H2,1H3,(H,17,20)(H2,14,15,19). The van der Waals surface area contributed by atoms with E-state index in [1.807, 2.05) is 0 Å². The maximum absolute atomic E-state index is 11.5. The molecule has 0 heterocycles. The molecule has 1 aromatic rings. The van der Waals surface area contributed by atoms with Crippen molar-refractivity contribution in [1.82, 2.24) is 10.6 Å². The highest BCUT2D eigenvalue weighted by Crippen LogP contribution is 2.17. The molecular weight excluding hydrogens is 276 g/mol. The number of hydrogen-bond acceptors (Lipinski definition) is 5. The summed E-state index contributed by atoms with van der Waals surface area (Å²) in [6.45, 7) is 0.568. The fourth-order valence-electron chi connectivity index (χ4n) is 1.39. The summed E-state index contributed by atoms with van der Waals surface area (Å²) in [4.78, 5) is 35.9. The van der Waals surface area contributed by atoms with Gasteiger partial charge in [0.15, 0.2) is 0 Å². The molecule has 0 aliphatic rings. The number of urea groups is 1. The molecule has 0 saturated heterocycles. The predicted molar refractivity (Wildman–Crippen MR) is 76.3 cm³/mol. The highest BCUT2D eigenvalue weighted by Gasteiger charge is 2.03. The molecule has 112 valence electrons. The Morgan fingerprint density at radius 1 is 1.38 bits per heavy atom. The lowest BCUT2D eigenvalue weighted by atomic mass is 10.3. The molecule has 8 heteroatoms. The molecule has 0 atom stereocenters. The van der Waals surface area contributed by atoms with E-state index in [0.717, 1.165) is 0 Å². The number of isocyanates is 1. The van der Waals surface area contributed by atoms with E-state index in [-0.39, 0.29) is 12.6 Å². The molecule has 0 unspecified atom stereocenters. The largest absolute Gasteiger partial charge is 0.449 e. The van der Waals surface area contributed by atoms with Gasteiger partial charge in [-0.2, -0.15) is 4.99 Å². The normalized spacial score (nSPS) is 9.19. The summed E-state index contributed by atoms with van der Waals surface area (Å²) in [5, 5.41) is 7.47. The van der Waals surface area contributed by atoms with Crippen LogP contribution in [0.5, 0.6) is 0 Å². The van der Waals surface area contributed by atoms with Crippen molar-refractivity contribution in [2.75, 3.05) is 25.5 Å². The van der Waals surface area contributed by atoms with Crippen LogP contribution in [0.15, 0.2) is 29.3 Å². The zero-order valence-electron chi connectivity index (χ0n) is 11.5. The van der Waals surface area contributed by atoms with E-state index in [9.17, 15) is 14.4 Å². The van der Waals surface area contributed by atoms with Crippen molar-refractivity contribution in [3.05, 3.63) is 24.3 Å². The number of hydrogen-bond donors (Lipinski definition) is 3. The van der Waals surface area contributed by atoms with Crippen molar-refractivity contribution in [2.45, 2.75) is 6.42 Å². The van der Waals surface area contributed by atoms with Gasteiger partial charge in [0.25, 0.3) is 0 Å². The fourth-order valence-corrected chi connectivity index (χ4v) is 1.39. The lowest BCUT2D eigenvalue weighted by Crippen LogP contribution is -2.33. The number of carbonyl (C=O) groups excluding carboxylic acids is 3. The molecule has 1 aromatic carbocycles. The van der Waals surface area contributed by atoms with E-state index < -0.39 is 6.09 Å². The number of ether oxygens (including phenoxy) is 1. The predicted octanol–water partition coefficient (Wildman–Crippen LogP) is 1.52. The Labute approximate surface area is 121 Å². The zero-order valence-corrected chi connectivity index (χ0v) is 11.5. The molecule has 0 aliphatic carbocycles. The summed E-state index contributed by atoms with van der Waals surface area (Å²) >= 11 is 0. The molecule has 3 N–H and O–H groups in total. The number of aliphatic imine (C=N–C) groups is 1. The molecule has 0 spiro atoms. The molecular formula is C13H16N4O4. The van der Waals surface area contributed by atoms with Crippen LogP contribution in [0.2, 0.25) is 0 Å². The summed E-state index contributed by atoms with van der Waals surface area (Å²) in [6.07, 6.45) is 1.29. The van der Waals surface area contributed by atoms with E-state index in [2.05, 4.69) is 20.9 Å². The van der Waals surface area contributed by atoms with Crippen LogP contribution in [0.4, 0.5) is 21.0 Å². The van der Waals surface area contributed by atoms with Crippen molar-refractivity contribution >= 4 is 29.6 Å². The number of amides is 3. The molecule has 8 nitrogen and oxygen atoms in total. The molecule has 0 bridgehead atoms. The second-order valence-corrected chi connectivity index (χ2v) is 3.87. The van der Waals surface area contributed by atoms with E-state index in [1.54, 1.807) is 18.2 Å². The molecule has 0 fully saturated rings. The van der Waals surface area contributed by atoms with Gasteiger partial charge in [0, 0.05) is 19.3 Å². The molecule has 0 aromatic heterocycles. The summed E-state index contributed by atoms with van der Waals surface area (Å²) in [5.41, 5.74) is 0.845. The minimum atomic E-state index is -0.623. The summed E-state index contributed by atoms with van der Waals surface area (Å²) < 4.78 is 4.93. The van der Waals surface area contributed by atoms with Crippen LogP contribution in [0.3, 0.4) is 0 Å². The Balaban J connectivity index is 2.29. The van der Waals surface area contributed by atoms with Gasteiger partial charge in [-0.05, 0) is 24.6 Å². The first kappa shape index (κ1) is 16.2. The summed E-state index contributed by atoms with van der Waals surface area (Å²) in [6, 6.07) is 6.11. The quantitative estimate of drug-likeness (QED) is 0.419. The average Bonchev–Trinajstić information content (AvgIpc) is 2.47. The molecule has 1 rings (SSSR count). The van der Waals surface area contributed by atoms with Crippen LogP contribution < -0.4 is 16.0 Å². The number of benzene rings is 1. The third kappa shape index (κ3) is 6.74. The number of nitrogens with zero attached hydrogens (tertiary/aromatic N) is 1. The maximum Gasteiger partial charge on any atom is 0.411 e.